The summed E-state index contributed by atoms with van der Waals surface area (Å²) in [5.74, 6) is 0.383. The maximum absolute atomic E-state index is 13.1. The van der Waals surface area contributed by atoms with E-state index in [1.165, 1.54) is 4.90 Å². The predicted octanol–water partition coefficient (Wildman–Crippen LogP) is 2.65. The second kappa shape index (κ2) is 5.54. The summed E-state index contributed by atoms with van der Waals surface area (Å²) in [4.78, 5) is 40.1. The number of carbonyl (C=O) groups excluding carboxylic acids is 3. The van der Waals surface area contributed by atoms with Crippen molar-refractivity contribution in [1.82, 2.24) is 4.90 Å². The van der Waals surface area contributed by atoms with Gasteiger partial charge >= 0.3 is 5.97 Å². The highest BCUT2D eigenvalue weighted by atomic mass is 16.5. The highest BCUT2D eigenvalue weighted by molar-refractivity contribution is 6.08. The van der Waals surface area contributed by atoms with E-state index < -0.39 is 12.0 Å². The van der Waals surface area contributed by atoms with Crippen LogP contribution >= 0.6 is 0 Å². The van der Waals surface area contributed by atoms with Crippen LogP contribution in [0.4, 0.5) is 0 Å². The Kier molecular flexibility index (Phi) is 3.43. The number of nitrogens with zero attached hydrogens (tertiary/aromatic N) is 1. The van der Waals surface area contributed by atoms with Gasteiger partial charge < -0.3 is 4.74 Å². The fourth-order valence-corrected chi connectivity index (χ4v) is 5.48. The SMILES string of the molecule is Cc1ccc(C)c(OC(=O)[C@H](C)N2C(=O)[C@@H]3[C@H]4C=C[C@@H]([C@@H]5C[C@@H]45)[C@H]3C2=O)c1. The average molecular weight is 365 g/mol. The van der Waals surface area contributed by atoms with Gasteiger partial charge in [0.1, 0.15) is 11.8 Å². The molecule has 5 heteroatoms. The third-order valence-electron chi connectivity index (χ3n) is 6.98. The van der Waals surface area contributed by atoms with Crippen LogP contribution in [0.25, 0.3) is 0 Å². The van der Waals surface area contributed by atoms with Gasteiger partial charge in [0.25, 0.3) is 0 Å². The van der Waals surface area contributed by atoms with E-state index >= 15 is 0 Å². The van der Waals surface area contributed by atoms with Crippen LogP contribution in [-0.4, -0.2) is 28.7 Å². The number of allylic oxidation sites excluding steroid dienone is 2. The first-order chi connectivity index (χ1) is 12.9. The second-order valence-corrected chi connectivity index (χ2v) is 8.57. The van der Waals surface area contributed by atoms with Crippen LogP contribution < -0.4 is 4.74 Å². The van der Waals surface area contributed by atoms with E-state index in [4.69, 9.17) is 4.74 Å². The number of rotatable bonds is 3. The van der Waals surface area contributed by atoms with Gasteiger partial charge in [-0.3, -0.25) is 14.5 Å². The number of ether oxygens (including phenoxy) is 1. The van der Waals surface area contributed by atoms with Gasteiger partial charge in [0.15, 0.2) is 0 Å². The minimum atomic E-state index is -0.911. The smallest absolute Gasteiger partial charge is 0.334 e. The molecular weight excluding hydrogens is 342 g/mol. The van der Waals surface area contributed by atoms with E-state index in [-0.39, 0.29) is 35.5 Å². The number of hydrogen-bond acceptors (Lipinski definition) is 4. The zero-order chi connectivity index (χ0) is 19.0. The highest BCUT2D eigenvalue weighted by Gasteiger charge is 2.67. The summed E-state index contributed by atoms with van der Waals surface area (Å²) in [6.45, 7) is 5.38. The molecule has 0 radical (unpaired) electrons. The average Bonchev–Trinajstić information content (AvgIpc) is 3.42. The zero-order valence-electron chi connectivity index (χ0n) is 15.7. The van der Waals surface area contributed by atoms with E-state index in [2.05, 4.69) is 12.2 Å². The lowest BCUT2D eigenvalue weighted by Crippen LogP contribution is -2.45. The van der Waals surface area contributed by atoms with Crippen molar-refractivity contribution in [3.05, 3.63) is 41.5 Å². The monoisotopic (exact) mass is 365 g/mol. The van der Waals surface area contributed by atoms with Crippen molar-refractivity contribution >= 4 is 17.8 Å². The number of aryl methyl sites for hydroxylation is 2. The van der Waals surface area contributed by atoms with Gasteiger partial charge in [0.05, 0.1) is 11.8 Å². The number of imide groups is 1. The quantitative estimate of drug-likeness (QED) is 0.358. The molecule has 5 nitrogen and oxygen atoms in total. The topological polar surface area (TPSA) is 63.7 Å². The molecule has 6 rings (SSSR count). The van der Waals surface area contributed by atoms with Gasteiger partial charge in [0.2, 0.25) is 11.8 Å². The molecule has 0 unspecified atom stereocenters. The van der Waals surface area contributed by atoms with Gasteiger partial charge in [-0.2, -0.15) is 0 Å². The Bertz CT molecular complexity index is 868. The molecule has 140 valence electrons. The molecule has 3 fully saturated rings. The molecule has 2 amide bonds. The molecule has 5 aliphatic rings. The first-order valence-corrected chi connectivity index (χ1v) is 9.72. The molecule has 1 aromatic rings. The third kappa shape index (κ3) is 2.27. The predicted molar refractivity (Wildman–Crippen MR) is 97.6 cm³/mol. The summed E-state index contributed by atoms with van der Waals surface area (Å²) in [6, 6.07) is 4.72. The summed E-state index contributed by atoms with van der Waals surface area (Å²) >= 11 is 0. The Morgan fingerprint density at radius 1 is 1.07 bits per heavy atom. The van der Waals surface area contributed by atoms with Gasteiger partial charge in [0, 0.05) is 0 Å². The van der Waals surface area contributed by atoms with Crippen LogP contribution in [-0.2, 0) is 14.4 Å². The molecule has 27 heavy (non-hydrogen) atoms. The lowest BCUT2D eigenvalue weighted by atomic mass is 9.63. The van der Waals surface area contributed by atoms with Gasteiger partial charge in [-0.15, -0.1) is 0 Å². The van der Waals surface area contributed by atoms with E-state index in [0.717, 1.165) is 17.5 Å². The molecule has 1 aliphatic heterocycles. The van der Waals surface area contributed by atoms with Crippen molar-refractivity contribution < 1.29 is 19.1 Å². The molecule has 2 saturated carbocycles. The van der Waals surface area contributed by atoms with E-state index in [0.29, 0.717) is 17.6 Å². The summed E-state index contributed by atoms with van der Waals surface area (Å²) in [5, 5.41) is 0. The maximum atomic E-state index is 13.1. The van der Waals surface area contributed by atoms with Crippen LogP contribution in [0.15, 0.2) is 30.4 Å². The number of benzene rings is 1. The number of hydrogen-bond donors (Lipinski definition) is 0. The first-order valence-electron chi connectivity index (χ1n) is 9.72. The molecule has 0 N–H and O–H groups in total. The van der Waals surface area contributed by atoms with E-state index in [9.17, 15) is 14.4 Å². The van der Waals surface area contributed by atoms with Crippen LogP contribution in [0.1, 0.15) is 24.5 Å². The first kappa shape index (κ1) is 16.7. The molecule has 1 aromatic carbocycles. The Hall–Kier alpha value is -2.43. The minimum Gasteiger partial charge on any atom is -0.425 e. The Balaban J connectivity index is 1.39. The number of carbonyl (C=O) groups is 3. The molecule has 0 aromatic heterocycles. The van der Waals surface area contributed by atoms with Crippen molar-refractivity contribution in [2.75, 3.05) is 0 Å². The summed E-state index contributed by atoms with van der Waals surface area (Å²) in [7, 11) is 0. The Morgan fingerprint density at radius 3 is 2.26 bits per heavy atom. The summed E-state index contributed by atoms with van der Waals surface area (Å²) in [6.07, 6.45) is 5.39. The van der Waals surface area contributed by atoms with Gasteiger partial charge in [-0.05, 0) is 68.1 Å². The fraction of sp³-hybridized carbons (Fsp3) is 0.500. The highest BCUT2D eigenvalue weighted by Crippen LogP contribution is 2.65. The van der Waals surface area contributed by atoms with Crippen molar-refractivity contribution in [1.29, 1.82) is 0 Å². The van der Waals surface area contributed by atoms with Crippen LogP contribution in [0.2, 0.25) is 0 Å². The van der Waals surface area contributed by atoms with Crippen LogP contribution in [0, 0.1) is 49.4 Å². The Morgan fingerprint density at radius 2 is 1.67 bits per heavy atom. The van der Waals surface area contributed by atoms with E-state index in [1.807, 2.05) is 26.0 Å². The number of amides is 2. The fourth-order valence-electron chi connectivity index (χ4n) is 5.48. The number of esters is 1. The normalized spacial score (nSPS) is 36.5. The van der Waals surface area contributed by atoms with Crippen molar-refractivity contribution in [3.63, 3.8) is 0 Å². The minimum absolute atomic E-state index is 0.161. The number of likely N-dealkylation sites (tertiary alicyclic amines) is 1. The van der Waals surface area contributed by atoms with Crippen LogP contribution in [0.3, 0.4) is 0 Å². The Labute approximate surface area is 158 Å². The molecule has 1 saturated heterocycles. The van der Waals surface area contributed by atoms with Gasteiger partial charge in [-0.25, -0.2) is 4.79 Å². The summed E-state index contributed by atoms with van der Waals surface area (Å²) < 4.78 is 5.55. The molecule has 2 bridgehead atoms. The van der Waals surface area contributed by atoms with Crippen LogP contribution in [0.5, 0.6) is 5.75 Å². The van der Waals surface area contributed by atoms with Crippen molar-refractivity contribution in [3.8, 4) is 5.75 Å². The maximum Gasteiger partial charge on any atom is 0.334 e. The zero-order valence-corrected chi connectivity index (χ0v) is 15.7. The third-order valence-corrected chi connectivity index (χ3v) is 6.98. The molecule has 1 heterocycles. The lowest BCUT2D eigenvalue weighted by Gasteiger charge is -2.37. The molecule has 7 atom stereocenters. The van der Waals surface area contributed by atoms with Crippen molar-refractivity contribution in [2.24, 2.45) is 35.5 Å². The molecule has 4 aliphatic carbocycles. The molecular formula is C22H23NO4. The summed E-state index contributed by atoms with van der Waals surface area (Å²) in [5.41, 5.74) is 1.83. The second-order valence-electron chi connectivity index (χ2n) is 8.57. The van der Waals surface area contributed by atoms with Gasteiger partial charge in [-0.1, -0.05) is 24.3 Å². The largest absolute Gasteiger partial charge is 0.425 e. The van der Waals surface area contributed by atoms with E-state index in [1.54, 1.807) is 13.0 Å². The molecule has 0 spiro atoms. The lowest BCUT2D eigenvalue weighted by molar-refractivity contribution is -0.152. The van der Waals surface area contributed by atoms with Crippen molar-refractivity contribution in [2.45, 2.75) is 33.2 Å². The standard InChI is InChI=1S/C22H23NO4/c1-10-4-5-11(2)17(8-10)27-22(26)12(3)23-20(24)18-13-6-7-14(16-9-15(13)16)19(18)21(23)25/h4-8,12-16,18-19H,9H2,1-3H3/t12-,13-,14-,15-,16-,18+,19+/m0/s1.